The number of aryl methyl sites for hydroxylation is 1. The van der Waals surface area contributed by atoms with Gasteiger partial charge in [-0.1, -0.05) is 22.0 Å². The number of anilines is 2. The molecular formula is C17H14BrFN2O3. The molecule has 24 heavy (non-hydrogen) atoms. The number of nitrogens with one attached hydrogen (secondary N) is 2. The molecule has 0 bridgehead atoms. The molecule has 0 radical (unpaired) electrons. The molecule has 0 saturated heterocycles. The average Bonchev–Trinajstić information content (AvgIpc) is 2.51. The molecule has 5 nitrogen and oxygen atoms in total. The van der Waals surface area contributed by atoms with Crippen LogP contribution < -0.4 is 15.4 Å². The molecule has 124 valence electrons. The molecule has 0 aromatic heterocycles. The van der Waals surface area contributed by atoms with Gasteiger partial charge in [0.05, 0.1) is 17.8 Å². The lowest BCUT2D eigenvalue weighted by molar-refractivity contribution is -0.128. The number of rotatable bonds is 3. The van der Waals surface area contributed by atoms with E-state index in [1.807, 2.05) is 13.0 Å². The van der Waals surface area contributed by atoms with E-state index in [9.17, 15) is 14.0 Å². The van der Waals surface area contributed by atoms with Gasteiger partial charge in [-0.3, -0.25) is 9.59 Å². The van der Waals surface area contributed by atoms with Crippen molar-refractivity contribution in [1.82, 2.24) is 0 Å². The molecule has 2 aromatic carbocycles. The van der Waals surface area contributed by atoms with Gasteiger partial charge >= 0.3 is 0 Å². The number of hydrogen-bond acceptors (Lipinski definition) is 3. The summed E-state index contributed by atoms with van der Waals surface area (Å²) in [7, 11) is 0. The van der Waals surface area contributed by atoms with Crippen LogP contribution in [0.1, 0.15) is 12.0 Å². The molecule has 2 amide bonds. The van der Waals surface area contributed by atoms with Crippen molar-refractivity contribution in [1.29, 1.82) is 0 Å². The van der Waals surface area contributed by atoms with Crippen LogP contribution in [0.4, 0.5) is 15.8 Å². The SMILES string of the molecule is Cc1ccc2c(c1)NC(=O)C(CC(=O)Nc1ccc(Br)cc1F)O2. The summed E-state index contributed by atoms with van der Waals surface area (Å²) in [6.45, 7) is 1.90. The lowest BCUT2D eigenvalue weighted by Crippen LogP contribution is -2.39. The largest absolute Gasteiger partial charge is 0.478 e. The minimum absolute atomic E-state index is 0.0513. The van der Waals surface area contributed by atoms with Crippen molar-refractivity contribution in [2.45, 2.75) is 19.4 Å². The lowest BCUT2D eigenvalue weighted by atomic mass is 10.1. The zero-order valence-electron chi connectivity index (χ0n) is 12.7. The molecule has 0 fully saturated rings. The standard InChI is InChI=1S/C17H14BrFN2O3/c1-9-2-5-14-13(6-9)21-17(23)15(24-14)8-16(22)20-12-4-3-10(18)7-11(12)19/h2-7,15H,8H2,1H3,(H,20,22)(H,21,23). The van der Waals surface area contributed by atoms with E-state index in [0.29, 0.717) is 15.9 Å². The van der Waals surface area contributed by atoms with Crippen molar-refractivity contribution in [2.75, 3.05) is 10.6 Å². The predicted molar refractivity (Wildman–Crippen MR) is 91.6 cm³/mol. The van der Waals surface area contributed by atoms with Gasteiger partial charge in [0.15, 0.2) is 6.10 Å². The summed E-state index contributed by atoms with van der Waals surface area (Å²) >= 11 is 3.14. The van der Waals surface area contributed by atoms with Gasteiger partial charge in [-0.05, 0) is 42.8 Å². The Morgan fingerprint density at radius 2 is 2.12 bits per heavy atom. The smallest absolute Gasteiger partial charge is 0.266 e. The van der Waals surface area contributed by atoms with E-state index >= 15 is 0 Å². The van der Waals surface area contributed by atoms with Crippen LogP contribution in [0, 0.1) is 12.7 Å². The Morgan fingerprint density at radius 3 is 2.88 bits per heavy atom. The first-order valence-corrected chi connectivity index (χ1v) is 8.05. The van der Waals surface area contributed by atoms with Gasteiger partial charge in [0.2, 0.25) is 5.91 Å². The number of carbonyl (C=O) groups excluding carboxylic acids is 2. The molecule has 0 aliphatic carbocycles. The van der Waals surface area contributed by atoms with Crippen molar-refractivity contribution in [3.05, 3.63) is 52.3 Å². The molecule has 1 unspecified atom stereocenters. The highest BCUT2D eigenvalue weighted by Gasteiger charge is 2.30. The second-order valence-corrected chi connectivity index (χ2v) is 6.39. The third-order valence-corrected chi connectivity index (χ3v) is 4.02. The van der Waals surface area contributed by atoms with E-state index < -0.39 is 23.7 Å². The van der Waals surface area contributed by atoms with E-state index in [1.54, 1.807) is 18.2 Å². The molecule has 1 atom stereocenters. The number of ether oxygens (including phenoxy) is 1. The van der Waals surface area contributed by atoms with Gasteiger partial charge in [-0.25, -0.2) is 4.39 Å². The maximum atomic E-state index is 13.7. The fourth-order valence-electron chi connectivity index (χ4n) is 2.36. The van der Waals surface area contributed by atoms with Gasteiger partial charge in [0.1, 0.15) is 11.6 Å². The monoisotopic (exact) mass is 392 g/mol. The highest BCUT2D eigenvalue weighted by molar-refractivity contribution is 9.10. The highest BCUT2D eigenvalue weighted by Crippen LogP contribution is 2.31. The molecular weight excluding hydrogens is 379 g/mol. The number of hydrogen-bond donors (Lipinski definition) is 2. The summed E-state index contributed by atoms with van der Waals surface area (Å²) in [6.07, 6.45) is -1.17. The van der Waals surface area contributed by atoms with Crippen molar-refractivity contribution >= 4 is 39.1 Å². The van der Waals surface area contributed by atoms with E-state index in [1.165, 1.54) is 12.1 Å². The molecule has 1 aliphatic rings. The molecule has 2 N–H and O–H groups in total. The van der Waals surface area contributed by atoms with Crippen LogP contribution in [0.2, 0.25) is 0 Å². The maximum Gasteiger partial charge on any atom is 0.266 e. The van der Waals surface area contributed by atoms with Crippen molar-refractivity contribution in [3.63, 3.8) is 0 Å². The molecule has 0 saturated carbocycles. The predicted octanol–water partition coefficient (Wildman–Crippen LogP) is 3.62. The van der Waals surface area contributed by atoms with Crippen LogP contribution in [0.3, 0.4) is 0 Å². The van der Waals surface area contributed by atoms with Gasteiger partial charge in [-0.15, -0.1) is 0 Å². The summed E-state index contributed by atoms with van der Waals surface area (Å²) in [5, 5.41) is 5.16. The topological polar surface area (TPSA) is 67.4 Å². The Morgan fingerprint density at radius 1 is 1.33 bits per heavy atom. The van der Waals surface area contributed by atoms with E-state index in [-0.39, 0.29) is 12.1 Å². The van der Waals surface area contributed by atoms with Crippen LogP contribution in [0.5, 0.6) is 5.75 Å². The fraction of sp³-hybridized carbons (Fsp3) is 0.176. The summed E-state index contributed by atoms with van der Waals surface area (Å²) in [5.41, 5.74) is 1.62. The minimum atomic E-state index is -0.960. The Hall–Kier alpha value is -2.41. The Kier molecular flexibility index (Phi) is 4.53. The lowest BCUT2D eigenvalue weighted by Gasteiger charge is -2.25. The number of benzene rings is 2. The number of amides is 2. The van der Waals surface area contributed by atoms with Crippen LogP contribution in [-0.4, -0.2) is 17.9 Å². The first-order valence-electron chi connectivity index (χ1n) is 7.25. The minimum Gasteiger partial charge on any atom is -0.478 e. The van der Waals surface area contributed by atoms with Crippen LogP contribution in [-0.2, 0) is 9.59 Å². The quantitative estimate of drug-likeness (QED) is 0.837. The van der Waals surface area contributed by atoms with E-state index in [2.05, 4.69) is 26.6 Å². The van der Waals surface area contributed by atoms with Gasteiger partial charge < -0.3 is 15.4 Å². The highest BCUT2D eigenvalue weighted by atomic mass is 79.9. The second-order valence-electron chi connectivity index (χ2n) is 5.47. The van der Waals surface area contributed by atoms with Crippen LogP contribution in [0.15, 0.2) is 40.9 Å². The fourth-order valence-corrected chi connectivity index (χ4v) is 2.69. The third-order valence-electron chi connectivity index (χ3n) is 3.53. The molecule has 1 heterocycles. The van der Waals surface area contributed by atoms with Gasteiger partial charge in [0.25, 0.3) is 5.91 Å². The molecule has 2 aromatic rings. The second kappa shape index (κ2) is 6.60. The molecule has 7 heteroatoms. The Labute approximate surface area is 146 Å². The zero-order chi connectivity index (χ0) is 17.3. The Balaban J connectivity index is 1.68. The summed E-state index contributed by atoms with van der Waals surface area (Å²) in [6, 6.07) is 9.69. The number of carbonyl (C=O) groups is 2. The van der Waals surface area contributed by atoms with Crippen LogP contribution in [0.25, 0.3) is 0 Å². The summed E-state index contributed by atoms with van der Waals surface area (Å²) in [5.74, 6) is -0.966. The van der Waals surface area contributed by atoms with Crippen molar-refractivity contribution in [3.8, 4) is 5.75 Å². The number of fused-ring (bicyclic) bond motifs is 1. The van der Waals surface area contributed by atoms with E-state index in [0.717, 1.165) is 5.56 Å². The van der Waals surface area contributed by atoms with E-state index in [4.69, 9.17) is 4.74 Å². The van der Waals surface area contributed by atoms with Gasteiger partial charge in [-0.2, -0.15) is 0 Å². The van der Waals surface area contributed by atoms with Gasteiger partial charge in [0, 0.05) is 4.47 Å². The Bertz CT molecular complexity index is 825. The summed E-state index contributed by atoms with van der Waals surface area (Å²) in [4.78, 5) is 24.2. The van der Waals surface area contributed by atoms with Crippen molar-refractivity contribution in [2.24, 2.45) is 0 Å². The first kappa shape index (κ1) is 16.4. The first-order chi connectivity index (χ1) is 11.4. The summed E-state index contributed by atoms with van der Waals surface area (Å²) < 4.78 is 19.9. The maximum absolute atomic E-state index is 13.7. The third kappa shape index (κ3) is 3.56. The average molecular weight is 393 g/mol. The zero-order valence-corrected chi connectivity index (χ0v) is 14.3. The van der Waals surface area contributed by atoms with Crippen molar-refractivity contribution < 1.29 is 18.7 Å². The molecule has 0 spiro atoms. The van der Waals surface area contributed by atoms with Crippen LogP contribution >= 0.6 is 15.9 Å². The normalized spacial score (nSPS) is 16.0. The molecule has 3 rings (SSSR count). The number of halogens is 2. The molecule has 1 aliphatic heterocycles.